The summed E-state index contributed by atoms with van der Waals surface area (Å²) in [6, 6.07) is 2.30. The largest absolute Gasteiger partial charge is 0.388 e. The first kappa shape index (κ1) is 10.8. The molecule has 2 rings (SSSR count). The Hall–Kier alpha value is -1.69. The molecule has 0 saturated carbocycles. The van der Waals surface area contributed by atoms with Crippen LogP contribution in [0.3, 0.4) is 0 Å². The highest BCUT2D eigenvalue weighted by Crippen LogP contribution is 2.06. The summed E-state index contributed by atoms with van der Waals surface area (Å²) in [7, 11) is 0. The SMILES string of the molecule is CC(C)n1ccc(Cn2ncnc2CO)n1. The van der Waals surface area contributed by atoms with Gasteiger partial charge in [-0.05, 0) is 19.9 Å². The van der Waals surface area contributed by atoms with Crippen molar-refractivity contribution < 1.29 is 5.11 Å². The predicted octanol–water partition coefficient (Wildman–Crippen LogP) is 0.596. The molecule has 0 spiro atoms. The molecule has 0 aliphatic carbocycles. The highest BCUT2D eigenvalue weighted by Gasteiger charge is 2.06. The molecular weight excluding hydrogens is 206 g/mol. The number of hydrogen-bond donors (Lipinski definition) is 1. The van der Waals surface area contributed by atoms with Crippen molar-refractivity contribution in [3.8, 4) is 0 Å². The van der Waals surface area contributed by atoms with Gasteiger partial charge >= 0.3 is 0 Å². The van der Waals surface area contributed by atoms with Crippen molar-refractivity contribution >= 4 is 0 Å². The van der Waals surface area contributed by atoms with Crippen molar-refractivity contribution in [1.29, 1.82) is 0 Å². The van der Waals surface area contributed by atoms with Crippen LogP contribution in [0.2, 0.25) is 0 Å². The van der Waals surface area contributed by atoms with Crippen LogP contribution in [-0.4, -0.2) is 29.7 Å². The van der Waals surface area contributed by atoms with Gasteiger partial charge in [0.1, 0.15) is 12.9 Å². The molecule has 16 heavy (non-hydrogen) atoms. The van der Waals surface area contributed by atoms with Crippen LogP contribution in [0.15, 0.2) is 18.6 Å². The number of aliphatic hydroxyl groups excluding tert-OH is 1. The third-order valence-corrected chi connectivity index (χ3v) is 2.34. The average molecular weight is 221 g/mol. The van der Waals surface area contributed by atoms with Gasteiger partial charge in [-0.1, -0.05) is 0 Å². The van der Waals surface area contributed by atoms with Crippen LogP contribution in [-0.2, 0) is 13.2 Å². The van der Waals surface area contributed by atoms with E-state index in [1.807, 2.05) is 16.9 Å². The predicted molar refractivity (Wildman–Crippen MR) is 57.7 cm³/mol. The van der Waals surface area contributed by atoms with Crippen LogP contribution >= 0.6 is 0 Å². The summed E-state index contributed by atoms with van der Waals surface area (Å²) < 4.78 is 3.54. The second-order valence-corrected chi connectivity index (χ2v) is 3.87. The van der Waals surface area contributed by atoms with E-state index in [4.69, 9.17) is 5.11 Å². The summed E-state index contributed by atoms with van der Waals surface area (Å²) in [6.07, 6.45) is 3.38. The van der Waals surface area contributed by atoms with E-state index in [0.717, 1.165) is 5.69 Å². The highest BCUT2D eigenvalue weighted by molar-refractivity contribution is 5.01. The van der Waals surface area contributed by atoms with Gasteiger partial charge in [-0.2, -0.15) is 10.2 Å². The van der Waals surface area contributed by atoms with E-state index >= 15 is 0 Å². The number of nitrogens with zero attached hydrogens (tertiary/aromatic N) is 5. The third-order valence-electron chi connectivity index (χ3n) is 2.34. The van der Waals surface area contributed by atoms with Crippen molar-refractivity contribution in [2.75, 3.05) is 0 Å². The van der Waals surface area contributed by atoms with E-state index < -0.39 is 0 Å². The number of aromatic nitrogens is 5. The van der Waals surface area contributed by atoms with Crippen molar-refractivity contribution in [1.82, 2.24) is 24.5 Å². The molecule has 0 fully saturated rings. The molecule has 0 aliphatic heterocycles. The number of hydrogen-bond acceptors (Lipinski definition) is 4. The maximum Gasteiger partial charge on any atom is 0.152 e. The Balaban J connectivity index is 2.14. The zero-order chi connectivity index (χ0) is 11.5. The van der Waals surface area contributed by atoms with E-state index in [1.165, 1.54) is 6.33 Å². The van der Waals surface area contributed by atoms with Gasteiger partial charge in [0.15, 0.2) is 5.82 Å². The maximum atomic E-state index is 9.03. The Kier molecular flexibility index (Phi) is 3.00. The van der Waals surface area contributed by atoms with Gasteiger partial charge < -0.3 is 5.11 Å². The van der Waals surface area contributed by atoms with Crippen LogP contribution < -0.4 is 0 Å². The monoisotopic (exact) mass is 221 g/mol. The number of rotatable bonds is 4. The molecule has 0 atom stereocenters. The second-order valence-electron chi connectivity index (χ2n) is 3.87. The molecule has 1 N–H and O–H groups in total. The van der Waals surface area contributed by atoms with Crippen LogP contribution in [0.25, 0.3) is 0 Å². The average Bonchev–Trinajstić information content (AvgIpc) is 2.87. The molecule has 0 saturated heterocycles. The lowest BCUT2D eigenvalue weighted by atomic mass is 10.4. The maximum absolute atomic E-state index is 9.03. The standard InChI is InChI=1S/C10H15N5O/c1-8(2)14-4-3-9(13-14)5-15-10(6-16)11-7-12-15/h3-4,7-8,16H,5-6H2,1-2H3. The molecule has 86 valence electrons. The van der Waals surface area contributed by atoms with E-state index in [-0.39, 0.29) is 6.61 Å². The van der Waals surface area contributed by atoms with Gasteiger partial charge in [0.25, 0.3) is 0 Å². The van der Waals surface area contributed by atoms with Gasteiger partial charge in [0.05, 0.1) is 12.2 Å². The molecule has 0 aliphatic rings. The molecule has 6 heteroatoms. The molecule has 0 amide bonds. The van der Waals surface area contributed by atoms with Crippen molar-refractivity contribution in [2.24, 2.45) is 0 Å². The molecular formula is C10H15N5O. The molecule has 0 aromatic carbocycles. The normalized spacial score (nSPS) is 11.2. The Morgan fingerprint density at radius 2 is 2.25 bits per heavy atom. The first-order valence-electron chi connectivity index (χ1n) is 5.22. The summed E-state index contributed by atoms with van der Waals surface area (Å²) >= 11 is 0. The molecule has 2 aromatic rings. The minimum absolute atomic E-state index is 0.106. The lowest BCUT2D eigenvalue weighted by Gasteiger charge is -2.04. The fourth-order valence-electron chi connectivity index (χ4n) is 1.45. The third kappa shape index (κ3) is 2.11. The number of aliphatic hydroxyl groups is 1. The smallest absolute Gasteiger partial charge is 0.152 e. The lowest BCUT2D eigenvalue weighted by Crippen LogP contribution is -2.08. The molecule has 6 nitrogen and oxygen atoms in total. The fourth-order valence-corrected chi connectivity index (χ4v) is 1.45. The molecule has 2 aromatic heterocycles. The van der Waals surface area contributed by atoms with Crippen LogP contribution in [0.1, 0.15) is 31.4 Å². The van der Waals surface area contributed by atoms with Crippen molar-refractivity contribution in [3.63, 3.8) is 0 Å². The van der Waals surface area contributed by atoms with E-state index in [1.54, 1.807) is 4.68 Å². The Bertz CT molecular complexity index is 459. The molecule has 0 radical (unpaired) electrons. The van der Waals surface area contributed by atoms with Gasteiger partial charge in [0, 0.05) is 12.2 Å². The molecule has 0 bridgehead atoms. The molecule has 2 heterocycles. The van der Waals surface area contributed by atoms with E-state index in [9.17, 15) is 0 Å². The van der Waals surface area contributed by atoms with Gasteiger partial charge in [0.2, 0.25) is 0 Å². The van der Waals surface area contributed by atoms with Gasteiger partial charge in [-0.25, -0.2) is 9.67 Å². The van der Waals surface area contributed by atoms with Crippen LogP contribution in [0.4, 0.5) is 0 Å². The summed E-state index contributed by atoms with van der Waals surface area (Å²) in [4.78, 5) is 3.94. The zero-order valence-corrected chi connectivity index (χ0v) is 9.41. The summed E-state index contributed by atoms with van der Waals surface area (Å²) in [5, 5.41) is 17.5. The Labute approximate surface area is 93.5 Å². The van der Waals surface area contributed by atoms with Gasteiger partial charge in [-0.3, -0.25) is 4.68 Å². The first-order valence-corrected chi connectivity index (χ1v) is 5.22. The summed E-state index contributed by atoms with van der Waals surface area (Å²) in [5.41, 5.74) is 0.911. The zero-order valence-electron chi connectivity index (χ0n) is 9.41. The minimum atomic E-state index is -0.106. The summed E-state index contributed by atoms with van der Waals surface area (Å²) in [5.74, 6) is 0.555. The van der Waals surface area contributed by atoms with E-state index in [0.29, 0.717) is 18.4 Å². The highest BCUT2D eigenvalue weighted by atomic mass is 16.3. The van der Waals surface area contributed by atoms with Gasteiger partial charge in [-0.15, -0.1) is 0 Å². The molecule has 0 unspecified atom stereocenters. The minimum Gasteiger partial charge on any atom is -0.388 e. The first-order chi connectivity index (χ1) is 7.70. The van der Waals surface area contributed by atoms with Crippen LogP contribution in [0.5, 0.6) is 0 Å². The fraction of sp³-hybridized carbons (Fsp3) is 0.500. The van der Waals surface area contributed by atoms with E-state index in [2.05, 4.69) is 29.0 Å². The lowest BCUT2D eigenvalue weighted by molar-refractivity contribution is 0.263. The second kappa shape index (κ2) is 4.44. The Morgan fingerprint density at radius 3 is 2.88 bits per heavy atom. The Morgan fingerprint density at radius 1 is 1.44 bits per heavy atom. The van der Waals surface area contributed by atoms with Crippen molar-refractivity contribution in [2.45, 2.75) is 33.0 Å². The van der Waals surface area contributed by atoms with Crippen LogP contribution in [0, 0.1) is 0 Å². The quantitative estimate of drug-likeness (QED) is 0.820. The van der Waals surface area contributed by atoms with Crippen molar-refractivity contribution in [3.05, 3.63) is 30.1 Å². The summed E-state index contributed by atoms with van der Waals surface area (Å²) in [6.45, 7) is 4.58. The topological polar surface area (TPSA) is 68.8 Å².